The lowest BCUT2D eigenvalue weighted by Gasteiger charge is -2.26. The van der Waals surface area contributed by atoms with E-state index in [0.29, 0.717) is 36.7 Å². The monoisotopic (exact) mass is 492 g/mol. The maximum atomic E-state index is 13.3. The Bertz CT molecular complexity index is 1150. The molecule has 1 aliphatic heterocycles. The number of esters is 1. The second-order valence-electron chi connectivity index (χ2n) is 8.20. The van der Waals surface area contributed by atoms with E-state index in [1.165, 1.54) is 18.4 Å². The molecule has 2 aromatic carbocycles. The Hall–Kier alpha value is -3.65. The van der Waals surface area contributed by atoms with Crippen LogP contribution >= 0.6 is 11.3 Å². The van der Waals surface area contributed by atoms with Gasteiger partial charge in [-0.3, -0.25) is 4.79 Å². The van der Waals surface area contributed by atoms with Crippen LogP contribution in [0.1, 0.15) is 51.2 Å². The van der Waals surface area contributed by atoms with Gasteiger partial charge in [0.15, 0.2) is 0 Å². The lowest BCUT2D eigenvalue weighted by Crippen LogP contribution is -2.36. The standard InChI is InChI=1S/C27H28N2O5S/c1-3-34-27(32)29-15-14-20-22(17-29)35-25(24(20)26(31)33-2)28-23(30)16-21(18-10-6-4-7-11-18)19-12-8-5-9-13-19/h4-13,21H,3,14-17H2,1-2H3,(H,28,30). The number of carbonyl (C=O) groups excluding carboxylic acids is 3. The Morgan fingerprint density at radius 1 is 1.03 bits per heavy atom. The van der Waals surface area contributed by atoms with Gasteiger partial charge in [0.25, 0.3) is 0 Å². The van der Waals surface area contributed by atoms with Crippen molar-refractivity contribution in [1.82, 2.24) is 4.90 Å². The van der Waals surface area contributed by atoms with Crippen LogP contribution in [0.25, 0.3) is 0 Å². The summed E-state index contributed by atoms with van der Waals surface area (Å²) in [5.74, 6) is -0.827. The molecule has 0 fully saturated rings. The Morgan fingerprint density at radius 3 is 2.23 bits per heavy atom. The minimum atomic E-state index is -0.495. The summed E-state index contributed by atoms with van der Waals surface area (Å²) in [6.07, 6.45) is 0.318. The van der Waals surface area contributed by atoms with Gasteiger partial charge in [-0.15, -0.1) is 11.3 Å². The zero-order chi connectivity index (χ0) is 24.8. The number of nitrogens with one attached hydrogen (secondary N) is 1. The molecular formula is C27H28N2O5S. The highest BCUT2D eigenvalue weighted by Gasteiger charge is 2.31. The zero-order valence-corrected chi connectivity index (χ0v) is 20.6. The van der Waals surface area contributed by atoms with Gasteiger partial charge in [0, 0.05) is 23.8 Å². The predicted molar refractivity (Wildman–Crippen MR) is 135 cm³/mol. The largest absolute Gasteiger partial charge is 0.465 e. The van der Waals surface area contributed by atoms with Crippen LogP contribution in [-0.2, 0) is 27.2 Å². The molecule has 4 rings (SSSR count). The number of ether oxygens (including phenoxy) is 2. The molecule has 0 aliphatic carbocycles. The van der Waals surface area contributed by atoms with Gasteiger partial charge < -0.3 is 19.7 Å². The highest BCUT2D eigenvalue weighted by molar-refractivity contribution is 7.17. The van der Waals surface area contributed by atoms with E-state index in [4.69, 9.17) is 9.47 Å². The molecule has 3 aromatic rings. The van der Waals surface area contributed by atoms with Crippen LogP contribution in [0, 0.1) is 0 Å². The van der Waals surface area contributed by atoms with E-state index in [-0.39, 0.29) is 24.3 Å². The number of benzene rings is 2. The van der Waals surface area contributed by atoms with Gasteiger partial charge in [-0.05, 0) is 30.0 Å². The Balaban J connectivity index is 1.59. The van der Waals surface area contributed by atoms with Gasteiger partial charge in [-0.2, -0.15) is 0 Å². The van der Waals surface area contributed by atoms with Crippen LogP contribution in [0.4, 0.5) is 9.80 Å². The first-order chi connectivity index (χ1) is 17.0. The van der Waals surface area contributed by atoms with Crippen molar-refractivity contribution in [2.75, 3.05) is 25.6 Å². The normalized spacial score (nSPS) is 12.7. The van der Waals surface area contributed by atoms with E-state index in [2.05, 4.69) is 5.32 Å². The lowest BCUT2D eigenvalue weighted by molar-refractivity contribution is -0.116. The summed E-state index contributed by atoms with van der Waals surface area (Å²) >= 11 is 1.31. The number of methoxy groups -OCH3 is 1. The second-order valence-corrected chi connectivity index (χ2v) is 9.30. The smallest absolute Gasteiger partial charge is 0.410 e. The third kappa shape index (κ3) is 5.54. The number of hydrogen-bond donors (Lipinski definition) is 1. The summed E-state index contributed by atoms with van der Waals surface area (Å²) in [5.41, 5.74) is 3.27. The molecule has 0 bridgehead atoms. The van der Waals surface area contributed by atoms with E-state index in [0.717, 1.165) is 21.6 Å². The predicted octanol–water partition coefficient (Wildman–Crippen LogP) is 5.21. The van der Waals surface area contributed by atoms with Crippen LogP contribution in [-0.4, -0.2) is 43.1 Å². The molecule has 2 amide bonds. The summed E-state index contributed by atoms with van der Waals surface area (Å²) in [6.45, 7) is 2.82. The Kier molecular flexibility index (Phi) is 7.82. The molecule has 182 valence electrons. The van der Waals surface area contributed by atoms with Crippen LogP contribution in [0.5, 0.6) is 0 Å². The number of thiophene rings is 1. The average Bonchev–Trinajstić information content (AvgIpc) is 3.24. The Labute approximate surface area is 208 Å². The van der Waals surface area contributed by atoms with E-state index >= 15 is 0 Å². The fourth-order valence-electron chi connectivity index (χ4n) is 4.34. The maximum absolute atomic E-state index is 13.3. The number of rotatable bonds is 7. The Morgan fingerprint density at radius 2 is 1.66 bits per heavy atom. The van der Waals surface area contributed by atoms with Gasteiger partial charge in [-0.1, -0.05) is 60.7 Å². The molecule has 0 unspecified atom stereocenters. The fourth-order valence-corrected chi connectivity index (χ4v) is 5.61. The molecule has 0 saturated carbocycles. The first-order valence-corrected chi connectivity index (χ1v) is 12.4. The maximum Gasteiger partial charge on any atom is 0.410 e. The summed E-state index contributed by atoms with van der Waals surface area (Å²) in [5, 5.41) is 3.42. The van der Waals surface area contributed by atoms with Crippen molar-refractivity contribution in [3.05, 3.63) is 87.8 Å². The van der Waals surface area contributed by atoms with Crippen molar-refractivity contribution >= 4 is 34.3 Å². The van der Waals surface area contributed by atoms with E-state index in [1.807, 2.05) is 60.7 Å². The number of fused-ring (bicyclic) bond motifs is 1. The van der Waals surface area contributed by atoms with Gasteiger partial charge in [0.05, 0.1) is 25.8 Å². The first kappa shape index (κ1) is 24.5. The number of anilines is 1. The first-order valence-electron chi connectivity index (χ1n) is 11.6. The third-order valence-electron chi connectivity index (χ3n) is 6.02. The van der Waals surface area contributed by atoms with Crippen molar-refractivity contribution in [3.8, 4) is 0 Å². The highest BCUT2D eigenvalue weighted by atomic mass is 32.1. The number of amides is 2. The van der Waals surface area contributed by atoms with Crippen molar-refractivity contribution in [2.45, 2.75) is 32.2 Å². The molecule has 8 heteroatoms. The molecule has 1 aliphatic rings. The minimum Gasteiger partial charge on any atom is -0.465 e. The van der Waals surface area contributed by atoms with Crippen molar-refractivity contribution in [3.63, 3.8) is 0 Å². The van der Waals surface area contributed by atoms with Crippen LogP contribution in [0.3, 0.4) is 0 Å². The molecule has 0 radical (unpaired) electrons. The molecule has 0 spiro atoms. The fraction of sp³-hybridized carbons (Fsp3) is 0.296. The molecule has 2 heterocycles. The zero-order valence-electron chi connectivity index (χ0n) is 19.8. The molecule has 35 heavy (non-hydrogen) atoms. The summed E-state index contributed by atoms with van der Waals surface area (Å²) in [7, 11) is 1.33. The lowest BCUT2D eigenvalue weighted by atomic mass is 9.88. The number of hydrogen-bond acceptors (Lipinski definition) is 6. The number of nitrogens with zero attached hydrogens (tertiary/aromatic N) is 1. The van der Waals surface area contributed by atoms with E-state index < -0.39 is 5.97 Å². The van der Waals surface area contributed by atoms with Gasteiger partial charge in [-0.25, -0.2) is 9.59 Å². The van der Waals surface area contributed by atoms with Crippen molar-refractivity contribution < 1.29 is 23.9 Å². The summed E-state index contributed by atoms with van der Waals surface area (Å²) in [6, 6.07) is 19.8. The van der Waals surface area contributed by atoms with Crippen molar-refractivity contribution in [1.29, 1.82) is 0 Å². The second kappa shape index (κ2) is 11.2. The molecular weight excluding hydrogens is 464 g/mol. The topological polar surface area (TPSA) is 84.9 Å². The summed E-state index contributed by atoms with van der Waals surface area (Å²) in [4.78, 5) is 40.6. The van der Waals surface area contributed by atoms with Crippen LogP contribution in [0.2, 0.25) is 0 Å². The molecule has 7 nitrogen and oxygen atoms in total. The van der Waals surface area contributed by atoms with E-state index in [1.54, 1.807) is 11.8 Å². The van der Waals surface area contributed by atoms with Crippen LogP contribution < -0.4 is 5.32 Å². The van der Waals surface area contributed by atoms with Gasteiger partial charge in [0.1, 0.15) is 5.00 Å². The SMILES string of the molecule is CCOC(=O)N1CCc2c(sc(NC(=O)CC(c3ccccc3)c3ccccc3)c2C(=O)OC)C1. The minimum absolute atomic E-state index is 0.132. The summed E-state index contributed by atoms with van der Waals surface area (Å²) < 4.78 is 10.2. The highest BCUT2D eigenvalue weighted by Crippen LogP contribution is 2.38. The third-order valence-corrected chi connectivity index (χ3v) is 7.15. The van der Waals surface area contributed by atoms with E-state index in [9.17, 15) is 14.4 Å². The molecule has 0 saturated heterocycles. The molecule has 1 aromatic heterocycles. The average molecular weight is 493 g/mol. The van der Waals surface area contributed by atoms with Gasteiger partial charge in [0.2, 0.25) is 5.91 Å². The van der Waals surface area contributed by atoms with Crippen LogP contribution in [0.15, 0.2) is 60.7 Å². The molecule has 0 atom stereocenters. The van der Waals surface area contributed by atoms with Crippen molar-refractivity contribution in [2.24, 2.45) is 0 Å². The molecule has 1 N–H and O–H groups in total. The van der Waals surface area contributed by atoms with Gasteiger partial charge >= 0.3 is 12.1 Å². The number of carbonyl (C=O) groups is 3. The quantitative estimate of drug-likeness (QED) is 0.458.